The monoisotopic (exact) mass is 340 g/mol. The summed E-state index contributed by atoms with van der Waals surface area (Å²) in [6.07, 6.45) is 3.73. The summed E-state index contributed by atoms with van der Waals surface area (Å²) in [4.78, 5) is 23.9. The Morgan fingerprint density at radius 2 is 0.875 bits per heavy atom. The van der Waals surface area contributed by atoms with Crippen LogP contribution in [0, 0.1) is 10.8 Å². The van der Waals surface area contributed by atoms with Gasteiger partial charge in [-0.2, -0.15) is 0 Å². The highest BCUT2D eigenvalue weighted by Gasteiger charge is 2.30. The van der Waals surface area contributed by atoms with Crippen LogP contribution in [0.4, 0.5) is 0 Å². The van der Waals surface area contributed by atoms with Gasteiger partial charge >= 0.3 is 11.9 Å². The van der Waals surface area contributed by atoms with Gasteiger partial charge in [0.25, 0.3) is 0 Å². The first-order valence-electron chi connectivity index (χ1n) is 8.55. The lowest BCUT2D eigenvalue weighted by atomic mass is 9.83. The predicted molar refractivity (Wildman–Crippen MR) is 97.6 cm³/mol. The van der Waals surface area contributed by atoms with Crippen LogP contribution in [0.2, 0.25) is 0 Å². The van der Waals surface area contributed by atoms with E-state index in [0.717, 1.165) is 25.0 Å². The lowest BCUT2D eigenvalue weighted by Crippen LogP contribution is -2.33. The average molecular weight is 341 g/mol. The predicted octanol–water partition coefficient (Wildman–Crippen LogP) is 5.06. The van der Waals surface area contributed by atoms with Gasteiger partial charge in [0.1, 0.15) is 11.2 Å². The Kier molecular flexibility index (Phi) is 7.29. The maximum atomic E-state index is 11.9. The van der Waals surface area contributed by atoms with Gasteiger partial charge in [-0.15, -0.1) is 0 Å². The van der Waals surface area contributed by atoms with Gasteiger partial charge in [0, 0.05) is 12.2 Å². The van der Waals surface area contributed by atoms with Crippen LogP contribution in [0.1, 0.15) is 82.1 Å². The lowest BCUT2D eigenvalue weighted by molar-refractivity contribution is -0.155. The molecular formula is C20H36O4. The fourth-order valence-electron chi connectivity index (χ4n) is 3.38. The van der Waals surface area contributed by atoms with Crippen LogP contribution in [0.15, 0.2) is 12.2 Å². The van der Waals surface area contributed by atoms with Crippen LogP contribution in [-0.4, -0.2) is 23.1 Å². The van der Waals surface area contributed by atoms with Gasteiger partial charge in [-0.25, -0.2) is 9.59 Å². The van der Waals surface area contributed by atoms with E-state index in [1.807, 2.05) is 27.7 Å². The summed E-state index contributed by atoms with van der Waals surface area (Å²) in [5, 5.41) is 0. The first kappa shape index (κ1) is 22.7. The molecule has 140 valence electrons. The van der Waals surface area contributed by atoms with E-state index >= 15 is 0 Å². The molecule has 24 heavy (non-hydrogen) atoms. The molecule has 0 aliphatic heterocycles. The van der Waals surface area contributed by atoms with E-state index in [4.69, 9.17) is 9.47 Å². The minimum absolute atomic E-state index is 0.0450. The molecule has 4 nitrogen and oxygen atoms in total. The van der Waals surface area contributed by atoms with Crippen molar-refractivity contribution in [2.75, 3.05) is 0 Å². The summed E-state index contributed by atoms with van der Waals surface area (Å²) in [5.74, 6) is -1.07. The van der Waals surface area contributed by atoms with E-state index in [2.05, 4.69) is 41.5 Å². The summed E-state index contributed by atoms with van der Waals surface area (Å²) in [7, 11) is 0. The third-order valence-corrected chi connectivity index (χ3v) is 3.02. The number of hydrogen-bond acceptors (Lipinski definition) is 4. The average Bonchev–Trinajstić information content (AvgIpc) is 2.17. The zero-order chi connectivity index (χ0) is 19.4. The molecule has 0 aromatic heterocycles. The van der Waals surface area contributed by atoms with Crippen LogP contribution in [-0.2, 0) is 19.1 Å². The molecule has 0 fully saturated rings. The number of rotatable bonds is 6. The van der Waals surface area contributed by atoms with Crippen molar-refractivity contribution in [1.82, 2.24) is 0 Å². The number of esters is 2. The van der Waals surface area contributed by atoms with Gasteiger partial charge < -0.3 is 9.47 Å². The highest BCUT2D eigenvalue weighted by molar-refractivity contribution is 5.92. The maximum Gasteiger partial charge on any atom is 0.331 e. The SMILES string of the molecule is CC(C)(C)CC(C)(C)OC(=O)C=CC(=O)OC(C)(C)CC(C)(C)C. The topological polar surface area (TPSA) is 52.6 Å². The fraction of sp³-hybridized carbons (Fsp3) is 0.800. The van der Waals surface area contributed by atoms with Crippen molar-refractivity contribution in [2.24, 2.45) is 10.8 Å². The van der Waals surface area contributed by atoms with Crippen molar-refractivity contribution in [1.29, 1.82) is 0 Å². The van der Waals surface area contributed by atoms with Crippen LogP contribution in [0.25, 0.3) is 0 Å². The number of ether oxygens (including phenoxy) is 2. The molecular weight excluding hydrogens is 304 g/mol. The molecule has 0 aromatic carbocycles. The molecule has 0 unspecified atom stereocenters. The lowest BCUT2D eigenvalue weighted by Gasteiger charge is -2.32. The van der Waals surface area contributed by atoms with Crippen LogP contribution >= 0.6 is 0 Å². The van der Waals surface area contributed by atoms with Crippen molar-refractivity contribution in [3.05, 3.63) is 12.2 Å². The zero-order valence-electron chi connectivity index (χ0n) is 17.2. The fourth-order valence-corrected chi connectivity index (χ4v) is 3.38. The molecule has 0 spiro atoms. The Morgan fingerprint density at radius 1 is 0.625 bits per heavy atom. The Hall–Kier alpha value is -1.32. The van der Waals surface area contributed by atoms with Gasteiger partial charge in [-0.1, -0.05) is 41.5 Å². The highest BCUT2D eigenvalue weighted by atomic mass is 16.6. The first-order valence-corrected chi connectivity index (χ1v) is 8.55. The molecule has 0 aliphatic carbocycles. The van der Waals surface area contributed by atoms with Gasteiger partial charge in [-0.3, -0.25) is 0 Å². The Morgan fingerprint density at radius 3 is 1.08 bits per heavy atom. The van der Waals surface area contributed by atoms with Gasteiger partial charge in [0.15, 0.2) is 0 Å². The van der Waals surface area contributed by atoms with Crippen molar-refractivity contribution in [3.8, 4) is 0 Å². The molecule has 0 aromatic rings. The molecule has 0 amide bonds. The van der Waals surface area contributed by atoms with Gasteiger partial charge in [0.05, 0.1) is 0 Å². The smallest absolute Gasteiger partial charge is 0.331 e. The van der Waals surface area contributed by atoms with Crippen LogP contribution in [0.3, 0.4) is 0 Å². The van der Waals surface area contributed by atoms with Crippen molar-refractivity contribution >= 4 is 11.9 Å². The third-order valence-electron chi connectivity index (χ3n) is 3.02. The summed E-state index contributed by atoms with van der Waals surface area (Å²) < 4.78 is 10.9. The third kappa shape index (κ3) is 12.1. The van der Waals surface area contributed by atoms with Gasteiger partial charge in [0.2, 0.25) is 0 Å². The van der Waals surface area contributed by atoms with E-state index in [0.29, 0.717) is 0 Å². The summed E-state index contributed by atoms with van der Waals surface area (Å²) in [5.41, 5.74) is -1.09. The standard InChI is InChI=1S/C20H36O4/c1-17(2,3)13-19(7,8)23-15(21)11-12-16(22)24-20(9,10)14-18(4,5)6/h11-12H,13-14H2,1-10H3. The second kappa shape index (κ2) is 7.71. The normalized spacial score (nSPS) is 13.9. The molecule has 4 heteroatoms. The van der Waals surface area contributed by atoms with Gasteiger partial charge in [-0.05, 0) is 51.4 Å². The largest absolute Gasteiger partial charge is 0.456 e. The van der Waals surface area contributed by atoms with E-state index in [-0.39, 0.29) is 10.8 Å². The molecule has 0 saturated heterocycles. The number of hydrogen-bond donors (Lipinski definition) is 0. The molecule has 0 radical (unpaired) electrons. The molecule has 0 heterocycles. The summed E-state index contributed by atoms with van der Waals surface area (Å²) >= 11 is 0. The van der Waals surface area contributed by atoms with E-state index in [9.17, 15) is 9.59 Å². The highest BCUT2D eigenvalue weighted by Crippen LogP contribution is 2.30. The molecule has 0 atom stereocenters. The van der Waals surface area contributed by atoms with Crippen molar-refractivity contribution in [2.45, 2.75) is 93.3 Å². The van der Waals surface area contributed by atoms with Crippen LogP contribution < -0.4 is 0 Å². The molecule has 0 saturated carbocycles. The van der Waals surface area contributed by atoms with Crippen LogP contribution in [0.5, 0.6) is 0 Å². The molecule has 0 N–H and O–H groups in total. The number of carbonyl (C=O) groups excluding carboxylic acids is 2. The zero-order valence-corrected chi connectivity index (χ0v) is 17.2. The quantitative estimate of drug-likeness (QED) is 0.501. The summed E-state index contributed by atoms with van der Waals surface area (Å²) in [6.45, 7) is 20.0. The second-order valence-corrected chi connectivity index (χ2v) is 10.2. The maximum absolute atomic E-state index is 11.9. The van der Waals surface area contributed by atoms with E-state index in [1.54, 1.807) is 0 Å². The Bertz CT molecular complexity index is 427. The Balaban J connectivity index is 4.63. The second-order valence-electron chi connectivity index (χ2n) is 10.2. The first-order chi connectivity index (χ1) is 10.4. The minimum Gasteiger partial charge on any atom is -0.456 e. The molecule has 0 aliphatic rings. The molecule has 0 rings (SSSR count). The summed E-state index contributed by atoms with van der Waals surface area (Å²) in [6, 6.07) is 0. The van der Waals surface area contributed by atoms with Crippen molar-refractivity contribution < 1.29 is 19.1 Å². The van der Waals surface area contributed by atoms with Crippen molar-refractivity contribution in [3.63, 3.8) is 0 Å². The Labute approximate surface area is 148 Å². The molecule has 0 bridgehead atoms. The minimum atomic E-state index is -0.588. The number of carbonyl (C=O) groups is 2. The van der Waals surface area contributed by atoms with E-state index < -0.39 is 23.1 Å². The van der Waals surface area contributed by atoms with E-state index in [1.165, 1.54) is 0 Å².